The molecule has 0 radical (unpaired) electrons. The second-order valence-corrected chi connectivity index (χ2v) is 4.03. The van der Waals surface area contributed by atoms with Crippen molar-refractivity contribution in [3.8, 4) is 11.5 Å². The van der Waals surface area contributed by atoms with E-state index in [4.69, 9.17) is 4.74 Å². The number of ether oxygens (including phenoxy) is 1. The Labute approximate surface area is 106 Å². The van der Waals surface area contributed by atoms with Gasteiger partial charge in [-0.2, -0.15) is 12.6 Å². The van der Waals surface area contributed by atoms with E-state index in [1.54, 1.807) is 12.1 Å². The zero-order valence-corrected chi connectivity index (χ0v) is 10.7. The van der Waals surface area contributed by atoms with Crippen LogP contribution in [-0.2, 0) is 11.2 Å². The summed E-state index contributed by atoms with van der Waals surface area (Å²) >= 11 is 3.98. The number of phenolic OH excluding ortho intramolecular Hbond substituents is 1. The topological polar surface area (TPSA) is 58.6 Å². The van der Waals surface area contributed by atoms with Crippen LogP contribution in [0.25, 0.3) is 0 Å². The van der Waals surface area contributed by atoms with E-state index in [0.29, 0.717) is 30.9 Å². The number of nitrogens with one attached hydrogen (secondary N) is 1. The Balaban J connectivity index is 2.44. The standard InChI is InChI=1S/C12H17NO3S/c1-16-11-8-9(2-3-10(11)14)4-6-13-12(15)5-7-17/h2-3,8,14,17H,4-7H2,1H3,(H,13,15). The van der Waals surface area contributed by atoms with Gasteiger partial charge in [-0.3, -0.25) is 4.79 Å². The summed E-state index contributed by atoms with van der Waals surface area (Å²) < 4.78 is 5.00. The number of carbonyl (C=O) groups is 1. The minimum absolute atomic E-state index is 0.00532. The van der Waals surface area contributed by atoms with Gasteiger partial charge in [0.1, 0.15) is 0 Å². The number of amides is 1. The van der Waals surface area contributed by atoms with Crippen molar-refractivity contribution < 1.29 is 14.6 Å². The third kappa shape index (κ3) is 4.56. The molecule has 0 aliphatic rings. The molecular weight excluding hydrogens is 238 g/mol. The van der Waals surface area contributed by atoms with Crippen LogP contribution in [0.4, 0.5) is 0 Å². The predicted octanol–water partition coefficient (Wildman–Crippen LogP) is 1.38. The van der Waals surface area contributed by atoms with Gasteiger partial charge in [0.15, 0.2) is 11.5 Å². The summed E-state index contributed by atoms with van der Waals surface area (Å²) in [7, 11) is 1.51. The van der Waals surface area contributed by atoms with Gasteiger partial charge in [-0.15, -0.1) is 0 Å². The van der Waals surface area contributed by atoms with Gasteiger partial charge in [-0.1, -0.05) is 6.07 Å². The molecule has 0 aromatic heterocycles. The van der Waals surface area contributed by atoms with Crippen molar-refractivity contribution in [2.75, 3.05) is 19.4 Å². The van der Waals surface area contributed by atoms with Crippen LogP contribution in [0.2, 0.25) is 0 Å². The van der Waals surface area contributed by atoms with E-state index in [2.05, 4.69) is 17.9 Å². The van der Waals surface area contributed by atoms with Crippen molar-refractivity contribution in [3.05, 3.63) is 23.8 Å². The maximum Gasteiger partial charge on any atom is 0.220 e. The molecule has 2 N–H and O–H groups in total. The third-order valence-corrected chi connectivity index (χ3v) is 2.54. The molecular formula is C12H17NO3S. The fourth-order valence-corrected chi connectivity index (χ4v) is 1.62. The van der Waals surface area contributed by atoms with Crippen molar-refractivity contribution >= 4 is 18.5 Å². The number of thiol groups is 1. The second-order valence-electron chi connectivity index (χ2n) is 3.58. The van der Waals surface area contributed by atoms with E-state index < -0.39 is 0 Å². The highest BCUT2D eigenvalue weighted by Gasteiger charge is 2.03. The first kappa shape index (κ1) is 13.7. The lowest BCUT2D eigenvalue weighted by Gasteiger charge is -2.07. The monoisotopic (exact) mass is 255 g/mol. The Hall–Kier alpha value is -1.36. The number of aromatic hydroxyl groups is 1. The first-order valence-electron chi connectivity index (χ1n) is 5.41. The van der Waals surface area contributed by atoms with Gasteiger partial charge in [0.05, 0.1) is 7.11 Å². The van der Waals surface area contributed by atoms with Gasteiger partial charge < -0.3 is 15.2 Å². The molecule has 0 saturated carbocycles. The van der Waals surface area contributed by atoms with Gasteiger partial charge in [-0.05, 0) is 29.9 Å². The SMILES string of the molecule is COc1cc(CCNC(=O)CCS)ccc1O. The quantitative estimate of drug-likeness (QED) is 0.673. The molecule has 0 saturated heterocycles. The Morgan fingerprint density at radius 1 is 1.53 bits per heavy atom. The zero-order chi connectivity index (χ0) is 12.7. The molecule has 1 amide bonds. The first-order valence-corrected chi connectivity index (χ1v) is 6.04. The number of methoxy groups -OCH3 is 1. The largest absolute Gasteiger partial charge is 0.504 e. The van der Waals surface area contributed by atoms with E-state index in [-0.39, 0.29) is 11.7 Å². The average molecular weight is 255 g/mol. The minimum Gasteiger partial charge on any atom is -0.504 e. The molecule has 0 atom stereocenters. The smallest absolute Gasteiger partial charge is 0.220 e. The summed E-state index contributed by atoms with van der Waals surface area (Å²) in [6, 6.07) is 5.16. The van der Waals surface area contributed by atoms with E-state index in [0.717, 1.165) is 5.56 Å². The summed E-state index contributed by atoms with van der Waals surface area (Å²) in [6.45, 7) is 0.570. The van der Waals surface area contributed by atoms with Crippen molar-refractivity contribution in [2.24, 2.45) is 0 Å². The molecule has 0 aliphatic carbocycles. The number of phenols is 1. The Kier molecular flexibility index (Phi) is 5.69. The lowest BCUT2D eigenvalue weighted by Crippen LogP contribution is -2.25. The van der Waals surface area contributed by atoms with Crippen LogP contribution in [0.15, 0.2) is 18.2 Å². The molecule has 0 bridgehead atoms. The van der Waals surface area contributed by atoms with Crippen molar-refractivity contribution in [1.82, 2.24) is 5.32 Å². The number of rotatable bonds is 6. The number of hydrogen-bond donors (Lipinski definition) is 3. The van der Waals surface area contributed by atoms with Crippen LogP contribution in [0, 0.1) is 0 Å². The molecule has 0 heterocycles. The van der Waals surface area contributed by atoms with E-state index >= 15 is 0 Å². The maximum absolute atomic E-state index is 11.2. The van der Waals surface area contributed by atoms with E-state index in [9.17, 15) is 9.90 Å². The molecule has 4 nitrogen and oxygen atoms in total. The average Bonchev–Trinajstić information content (AvgIpc) is 2.31. The van der Waals surface area contributed by atoms with Gasteiger partial charge >= 0.3 is 0 Å². The highest BCUT2D eigenvalue weighted by atomic mass is 32.1. The fraction of sp³-hybridized carbons (Fsp3) is 0.417. The van der Waals surface area contributed by atoms with Gasteiger partial charge in [0, 0.05) is 13.0 Å². The van der Waals surface area contributed by atoms with Crippen LogP contribution in [0.3, 0.4) is 0 Å². The van der Waals surface area contributed by atoms with Gasteiger partial charge in [0.2, 0.25) is 5.91 Å². The van der Waals surface area contributed by atoms with Gasteiger partial charge in [0.25, 0.3) is 0 Å². The molecule has 5 heteroatoms. The predicted molar refractivity (Wildman–Crippen MR) is 69.8 cm³/mol. The van der Waals surface area contributed by atoms with Crippen LogP contribution >= 0.6 is 12.6 Å². The Morgan fingerprint density at radius 3 is 2.94 bits per heavy atom. The second kappa shape index (κ2) is 7.06. The van der Waals surface area contributed by atoms with Crippen molar-refractivity contribution in [2.45, 2.75) is 12.8 Å². The molecule has 0 fully saturated rings. The summed E-state index contributed by atoms with van der Waals surface area (Å²) in [5.41, 5.74) is 1.01. The van der Waals surface area contributed by atoms with E-state index in [1.165, 1.54) is 7.11 Å². The van der Waals surface area contributed by atoms with Crippen LogP contribution in [0.1, 0.15) is 12.0 Å². The fourth-order valence-electron chi connectivity index (χ4n) is 1.41. The minimum atomic E-state index is 0.00532. The van der Waals surface area contributed by atoms with E-state index in [1.807, 2.05) is 6.07 Å². The number of carbonyl (C=O) groups excluding carboxylic acids is 1. The Bertz CT molecular complexity index is 382. The van der Waals surface area contributed by atoms with Crippen molar-refractivity contribution in [3.63, 3.8) is 0 Å². The normalized spacial score (nSPS) is 10.0. The molecule has 1 aromatic carbocycles. The Morgan fingerprint density at radius 2 is 2.29 bits per heavy atom. The van der Waals surface area contributed by atoms with Crippen LogP contribution < -0.4 is 10.1 Å². The van der Waals surface area contributed by atoms with Crippen LogP contribution in [0.5, 0.6) is 11.5 Å². The zero-order valence-electron chi connectivity index (χ0n) is 9.77. The molecule has 1 aromatic rings. The van der Waals surface area contributed by atoms with Crippen LogP contribution in [-0.4, -0.2) is 30.4 Å². The summed E-state index contributed by atoms with van der Waals surface area (Å²) in [6.07, 6.45) is 1.14. The molecule has 17 heavy (non-hydrogen) atoms. The molecule has 94 valence electrons. The van der Waals surface area contributed by atoms with Gasteiger partial charge in [-0.25, -0.2) is 0 Å². The summed E-state index contributed by atoms with van der Waals surface area (Å²) in [5, 5.41) is 12.2. The number of hydrogen-bond acceptors (Lipinski definition) is 4. The summed E-state index contributed by atoms with van der Waals surface area (Å²) in [5.74, 6) is 1.13. The molecule has 0 spiro atoms. The third-order valence-electron chi connectivity index (χ3n) is 2.32. The van der Waals surface area contributed by atoms with Crippen molar-refractivity contribution in [1.29, 1.82) is 0 Å². The molecule has 0 aliphatic heterocycles. The summed E-state index contributed by atoms with van der Waals surface area (Å²) in [4.78, 5) is 11.2. The highest BCUT2D eigenvalue weighted by Crippen LogP contribution is 2.26. The lowest BCUT2D eigenvalue weighted by atomic mass is 10.1. The lowest BCUT2D eigenvalue weighted by molar-refractivity contribution is -0.120. The molecule has 0 unspecified atom stereocenters. The highest BCUT2D eigenvalue weighted by molar-refractivity contribution is 7.80. The molecule has 1 rings (SSSR count). The maximum atomic E-state index is 11.2. The number of benzene rings is 1. The first-order chi connectivity index (χ1) is 8.17.